The van der Waals surface area contributed by atoms with Gasteiger partial charge in [-0.3, -0.25) is 4.99 Å². The van der Waals surface area contributed by atoms with E-state index in [1.165, 1.54) is 22.3 Å². The summed E-state index contributed by atoms with van der Waals surface area (Å²) in [7, 11) is 0. The molecule has 1 unspecified atom stereocenters. The summed E-state index contributed by atoms with van der Waals surface area (Å²) in [4.78, 5) is 5.50. The van der Waals surface area contributed by atoms with Crippen LogP contribution in [0.3, 0.4) is 0 Å². The maximum atomic E-state index is 6.22. The van der Waals surface area contributed by atoms with Gasteiger partial charge in [-0.25, -0.2) is 0 Å². The Hall–Kier alpha value is -7.43. The Labute approximate surface area is 337 Å². The molecule has 58 heavy (non-hydrogen) atoms. The first-order valence-corrected chi connectivity index (χ1v) is 19.9. The molecule has 0 saturated heterocycles. The molecule has 0 aliphatic carbocycles. The second kappa shape index (κ2) is 14.3. The molecule has 2 aliphatic heterocycles. The van der Waals surface area contributed by atoms with Crippen LogP contribution in [-0.2, 0) is 6.42 Å². The molecule has 1 atom stereocenters. The SMILES string of the molecule is C1=C(c2ccc(-c3ccccc3)cc2)NC(c2cc(-c3ccc4oc5ccccc5c4c3)ccc2-c2ccc3c(c2)-c2ccccc2OCC3)N=C1c1ccccc1. The van der Waals surface area contributed by atoms with E-state index >= 15 is 0 Å². The van der Waals surface area contributed by atoms with E-state index in [1.54, 1.807) is 0 Å². The molecule has 3 heterocycles. The van der Waals surface area contributed by atoms with Crippen LogP contribution in [0, 0.1) is 0 Å². The second-order valence-corrected chi connectivity index (χ2v) is 15.0. The number of nitrogens with zero attached hydrogens (tertiary/aromatic N) is 1. The number of allylic oxidation sites excluding steroid dienone is 1. The number of fused-ring (bicyclic) bond motifs is 6. The molecule has 4 heteroatoms. The van der Waals surface area contributed by atoms with E-state index in [1.807, 2.05) is 18.2 Å². The summed E-state index contributed by atoms with van der Waals surface area (Å²) in [5.41, 5.74) is 17.5. The number of rotatable bonds is 6. The zero-order chi connectivity index (χ0) is 38.4. The van der Waals surface area contributed by atoms with Crippen LogP contribution in [0.1, 0.15) is 28.4 Å². The molecule has 9 aromatic rings. The average molecular weight is 747 g/mol. The van der Waals surface area contributed by atoms with Crippen LogP contribution in [0.2, 0.25) is 0 Å². The molecule has 8 aromatic carbocycles. The van der Waals surface area contributed by atoms with Gasteiger partial charge in [-0.2, -0.15) is 0 Å². The van der Waals surface area contributed by atoms with E-state index in [0.717, 1.165) is 90.0 Å². The van der Waals surface area contributed by atoms with Gasteiger partial charge < -0.3 is 14.5 Å². The molecule has 1 N–H and O–H groups in total. The van der Waals surface area contributed by atoms with Gasteiger partial charge in [0.05, 0.1) is 12.3 Å². The van der Waals surface area contributed by atoms with Crippen molar-refractivity contribution in [1.29, 1.82) is 0 Å². The summed E-state index contributed by atoms with van der Waals surface area (Å²) >= 11 is 0. The lowest BCUT2D eigenvalue weighted by molar-refractivity contribution is 0.326. The van der Waals surface area contributed by atoms with Crippen LogP contribution in [0.4, 0.5) is 0 Å². The molecule has 11 rings (SSSR count). The van der Waals surface area contributed by atoms with E-state index in [9.17, 15) is 0 Å². The fourth-order valence-electron chi connectivity index (χ4n) is 8.52. The first-order chi connectivity index (χ1) is 28.7. The van der Waals surface area contributed by atoms with Gasteiger partial charge >= 0.3 is 0 Å². The number of ether oxygens (including phenoxy) is 1. The summed E-state index contributed by atoms with van der Waals surface area (Å²) < 4.78 is 12.4. The number of para-hydroxylation sites is 2. The van der Waals surface area contributed by atoms with Crippen molar-refractivity contribution in [2.24, 2.45) is 4.99 Å². The van der Waals surface area contributed by atoms with E-state index < -0.39 is 0 Å². The fraction of sp³-hybridized carbons (Fsp3) is 0.0556. The van der Waals surface area contributed by atoms with Crippen LogP contribution in [0.15, 0.2) is 204 Å². The van der Waals surface area contributed by atoms with Crippen molar-refractivity contribution < 1.29 is 9.15 Å². The maximum Gasteiger partial charge on any atom is 0.146 e. The van der Waals surface area contributed by atoms with Crippen LogP contribution in [-0.4, -0.2) is 12.3 Å². The minimum atomic E-state index is -0.383. The van der Waals surface area contributed by atoms with Crippen LogP contribution in [0.25, 0.3) is 72.1 Å². The largest absolute Gasteiger partial charge is 0.493 e. The third-order valence-electron chi connectivity index (χ3n) is 11.5. The molecule has 4 nitrogen and oxygen atoms in total. The number of hydrogen-bond acceptors (Lipinski definition) is 4. The number of hydrogen-bond donors (Lipinski definition) is 1. The van der Waals surface area contributed by atoms with Gasteiger partial charge in [-0.15, -0.1) is 0 Å². The Balaban J connectivity index is 1.08. The smallest absolute Gasteiger partial charge is 0.146 e. The van der Waals surface area contributed by atoms with E-state index in [4.69, 9.17) is 14.1 Å². The average Bonchev–Trinajstić information content (AvgIpc) is 3.57. The fourth-order valence-corrected chi connectivity index (χ4v) is 8.52. The van der Waals surface area contributed by atoms with Crippen molar-refractivity contribution in [2.45, 2.75) is 12.6 Å². The Morgan fingerprint density at radius 1 is 0.466 bits per heavy atom. The monoisotopic (exact) mass is 746 g/mol. The first-order valence-electron chi connectivity index (χ1n) is 19.9. The predicted octanol–water partition coefficient (Wildman–Crippen LogP) is 13.3. The van der Waals surface area contributed by atoms with E-state index in [-0.39, 0.29) is 6.17 Å². The van der Waals surface area contributed by atoms with Gasteiger partial charge in [0.25, 0.3) is 0 Å². The van der Waals surface area contributed by atoms with Gasteiger partial charge in [0, 0.05) is 34.0 Å². The lowest BCUT2D eigenvalue weighted by Gasteiger charge is -2.27. The van der Waals surface area contributed by atoms with Gasteiger partial charge in [0.15, 0.2) is 0 Å². The topological polar surface area (TPSA) is 46.8 Å². The molecule has 2 aliphatic rings. The highest BCUT2D eigenvalue weighted by Gasteiger charge is 2.25. The zero-order valence-electron chi connectivity index (χ0n) is 31.7. The summed E-state index contributed by atoms with van der Waals surface area (Å²) in [5, 5.41) is 6.13. The second-order valence-electron chi connectivity index (χ2n) is 15.0. The molecule has 0 fully saturated rings. The van der Waals surface area contributed by atoms with Crippen LogP contribution >= 0.6 is 0 Å². The van der Waals surface area contributed by atoms with Crippen LogP contribution in [0.5, 0.6) is 5.75 Å². The Bertz CT molecular complexity index is 3050. The highest BCUT2D eigenvalue weighted by atomic mass is 16.5. The third-order valence-corrected chi connectivity index (χ3v) is 11.5. The lowest BCUT2D eigenvalue weighted by atomic mass is 9.89. The van der Waals surface area contributed by atoms with Gasteiger partial charge in [0.1, 0.15) is 23.1 Å². The molecule has 0 spiro atoms. The highest BCUT2D eigenvalue weighted by molar-refractivity contribution is 6.13. The molecular formula is C54H38N2O2. The summed E-state index contributed by atoms with van der Waals surface area (Å²) in [6.07, 6.45) is 2.66. The van der Waals surface area contributed by atoms with Gasteiger partial charge in [-0.1, -0.05) is 152 Å². The maximum absolute atomic E-state index is 6.22. The van der Waals surface area contributed by atoms with Crippen molar-refractivity contribution >= 4 is 33.3 Å². The minimum Gasteiger partial charge on any atom is -0.493 e. The Morgan fingerprint density at radius 2 is 1.12 bits per heavy atom. The molecule has 0 radical (unpaired) electrons. The van der Waals surface area contributed by atoms with Crippen molar-refractivity contribution in [3.8, 4) is 50.3 Å². The Kier molecular flexibility index (Phi) is 8.32. The zero-order valence-corrected chi connectivity index (χ0v) is 31.7. The van der Waals surface area contributed by atoms with E-state index in [0.29, 0.717) is 6.61 Å². The molecular weight excluding hydrogens is 709 g/mol. The molecule has 0 amide bonds. The minimum absolute atomic E-state index is 0.383. The summed E-state index contributed by atoms with van der Waals surface area (Å²) in [5.74, 6) is 0.926. The number of benzene rings is 8. The van der Waals surface area contributed by atoms with Gasteiger partial charge in [-0.05, 0) is 98.1 Å². The highest BCUT2D eigenvalue weighted by Crippen LogP contribution is 2.42. The number of furan rings is 1. The molecule has 1 aromatic heterocycles. The standard InChI is InChI=1S/C54H38N2O2/c1-3-11-35(12-4-1)36-19-22-39(23-20-36)50-34-49(38-13-5-2-6-14-38)55-54(56-50)48-32-40(41-26-28-53-47(31-41)45-16-8-10-18-52(45)58-53)25-27-43(48)42-24-21-37-29-30-57-51-17-9-7-15-44(51)46(37)33-42/h1-28,31-34,54,56H,29-30H2. The summed E-state index contributed by atoms with van der Waals surface area (Å²) in [6, 6.07) is 66.7. The number of aliphatic imine (C=N–C) groups is 1. The Morgan fingerprint density at radius 3 is 1.98 bits per heavy atom. The first kappa shape index (κ1) is 33.9. The van der Waals surface area contributed by atoms with Gasteiger partial charge in [0.2, 0.25) is 0 Å². The van der Waals surface area contributed by atoms with Crippen molar-refractivity contribution in [3.05, 3.63) is 216 Å². The van der Waals surface area contributed by atoms with Crippen LogP contribution < -0.4 is 10.1 Å². The molecule has 276 valence electrons. The third kappa shape index (κ3) is 6.16. The van der Waals surface area contributed by atoms with Crippen molar-refractivity contribution in [3.63, 3.8) is 0 Å². The van der Waals surface area contributed by atoms with Crippen molar-refractivity contribution in [1.82, 2.24) is 5.32 Å². The van der Waals surface area contributed by atoms with Crippen molar-refractivity contribution in [2.75, 3.05) is 6.61 Å². The summed E-state index contributed by atoms with van der Waals surface area (Å²) in [6.45, 7) is 0.657. The predicted molar refractivity (Wildman–Crippen MR) is 238 cm³/mol. The molecule has 0 saturated carbocycles. The number of nitrogens with one attached hydrogen (secondary N) is 1. The molecule has 0 bridgehead atoms. The van der Waals surface area contributed by atoms with E-state index in [2.05, 4.69) is 181 Å². The normalized spacial score (nSPS) is 14.7. The lowest BCUT2D eigenvalue weighted by Crippen LogP contribution is -2.25. The quantitative estimate of drug-likeness (QED) is 0.184.